The first-order valence-corrected chi connectivity index (χ1v) is 36.7. The topological polar surface area (TPSA) is 144 Å². The van der Waals surface area contributed by atoms with E-state index in [9.17, 15) is 24.9 Å². The summed E-state index contributed by atoms with van der Waals surface area (Å²) in [5.41, 5.74) is 7.25. The summed E-state index contributed by atoms with van der Waals surface area (Å²) < 4.78 is 22.9. The highest BCUT2D eigenvalue weighted by Crippen LogP contribution is 2.54. The van der Waals surface area contributed by atoms with Gasteiger partial charge >= 0.3 is 11.9 Å². The van der Waals surface area contributed by atoms with Crippen LogP contribution in [0, 0.1) is 0 Å². The van der Waals surface area contributed by atoms with E-state index >= 15 is 0 Å². The van der Waals surface area contributed by atoms with Crippen LogP contribution in [-0.2, 0) is 62.4 Å². The molecule has 1 unspecified atom stereocenters. The second kappa shape index (κ2) is 32.1. The number of thioether (sulfide) groups is 4. The van der Waals surface area contributed by atoms with E-state index in [1.54, 1.807) is 37.4 Å². The summed E-state index contributed by atoms with van der Waals surface area (Å²) in [6.07, 6.45) is 1.52. The number of nitrogens with one attached hydrogen (secondary N) is 1. The standard InChI is InChI=1S/C43H69NO7S2.C35H56O2S2/c1-17-49-35(46)20-19-34(38(48)50-18-2)44-25-27(45)26-51-37-32(41(9,10)11)23-29(24-33(37)42(12,13)14)53-43(15,16)52-28-21-30(39(3,4)5)36(47)31(22-28)40(6,7)8;1-16-17-18-37-30-27(33(8,9)10)21-24(22-28(30)34(11,12)13)39-35(14,15)38-23-19-25(31(2,3)4)29(36)26(20-23)32(5,6)7/h21-24,27,34,44-45,47H,17-20,25-26H2,1-16H3;19-22,36H,16-18H2,1-15H3/t27?,34-;/m0./s1. The smallest absolute Gasteiger partial charge is 0.323 e. The minimum atomic E-state index is -0.930. The van der Waals surface area contributed by atoms with Crippen molar-refractivity contribution in [3.8, 4) is 23.0 Å². The van der Waals surface area contributed by atoms with Crippen LogP contribution < -0.4 is 14.8 Å². The van der Waals surface area contributed by atoms with Crippen LogP contribution >= 0.6 is 47.0 Å². The normalized spacial score (nSPS) is 13.9. The maximum absolute atomic E-state index is 12.6. The van der Waals surface area contributed by atoms with Crippen molar-refractivity contribution in [3.63, 3.8) is 0 Å². The van der Waals surface area contributed by atoms with E-state index in [4.69, 9.17) is 18.9 Å². The zero-order valence-electron chi connectivity index (χ0n) is 63.1. The first kappa shape index (κ1) is 82.6. The van der Waals surface area contributed by atoms with Gasteiger partial charge in [0.2, 0.25) is 0 Å². The molecular weight excluding hydrogens is 1220 g/mol. The minimum Gasteiger partial charge on any atom is -0.507 e. The number of ether oxygens (including phenoxy) is 4. The van der Waals surface area contributed by atoms with Crippen molar-refractivity contribution in [2.24, 2.45) is 0 Å². The Bertz CT molecular complexity index is 2950. The third-order valence-electron chi connectivity index (χ3n) is 15.5. The summed E-state index contributed by atoms with van der Waals surface area (Å²) in [5.74, 6) is 1.79. The summed E-state index contributed by atoms with van der Waals surface area (Å²) in [6.45, 7) is 68.7. The number of carbonyl (C=O) groups is 2. The van der Waals surface area contributed by atoms with Gasteiger partial charge in [0.25, 0.3) is 0 Å². The molecule has 14 heteroatoms. The molecule has 0 heterocycles. The molecule has 0 amide bonds. The van der Waals surface area contributed by atoms with E-state index in [0.29, 0.717) is 11.5 Å². The van der Waals surface area contributed by atoms with Crippen LogP contribution in [0.2, 0.25) is 0 Å². The molecule has 0 aliphatic rings. The zero-order chi connectivity index (χ0) is 70.9. The largest absolute Gasteiger partial charge is 0.507 e. The molecule has 4 aromatic carbocycles. The Morgan fingerprint density at radius 1 is 0.435 bits per heavy atom. The fraction of sp³-hybridized carbons (Fsp3) is 0.667. The summed E-state index contributed by atoms with van der Waals surface area (Å²) in [7, 11) is 0. The monoisotopic (exact) mass is 1350 g/mol. The SMILES string of the molecule is CCCCOc1c(C(C)(C)C)cc(SC(C)(C)Sc2cc(C(C)(C)C)c(O)c(C(C)(C)C)c2)cc1C(C)(C)C.CCOC(=O)CC[C@H](NCC(O)COc1c(C(C)(C)C)cc(SC(C)(C)Sc2cc(C(C)(C)C)c(O)c(C(C)(C)C)c2)cc1C(C)(C)C)C(=O)OCC. The number of aliphatic hydroxyl groups is 1. The van der Waals surface area contributed by atoms with Gasteiger partial charge in [-0.25, -0.2) is 0 Å². The van der Waals surface area contributed by atoms with Crippen molar-refractivity contribution in [2.45, 2.75) is 324 Å². The number of hydrogen-bond acceptors (Lipinski definition) is 14. The predicted octanol–water partition coefficient (Wildman–Crippen LogP) is 21.2. The number of hydrogen-bond donors (Lipinski definition) is 4. The second-order valence-corrected chi connectivity index (χ2v) is 41.2. The number of unbranched alkanes of at least 4 members (excludes halogenated alkanes) is 1. The fourth-order valence-electron chi connectivity index (χ4n) is 10.5. The summed E-state index contributed by atoms with van der Waals surface area (Å²) in [5, 5.41) is 36.7. The van der Waals surface area contributed by atoms with Gasteiger partial charge in [0.05, 0.1) is 28.0 Å². The van der Waals surface area contributed by atoms with Crippen LogP contribution in [0.4, 0.5) is 0 Å². The third kappa shape index (κ3) is 25.1. The van der Waals surface area contributed by atoms with Crippen LogP contribution in [0.25, 0.3) is 0 Å². The molecule has 0 spiro atoms. The molecule has 0 aliphatic heterocycles. The molecule has 0 aliphatic carbocycles. The molecule has 0 fully saturated rings. The molecule has 4 aromatic rings. The van der Waals surface area contributed by atoms with Crippen LogP contribution in [0.15, 0.2) is 68.1 Å². The van der Waals surface area contributed by atoms with Gasteiger partial charge in [-0.2, -0.15) is 0 Å². The van der Waals surface area contributed by atoms with Gasteiger partial charge in [-0.15, -0.1) is 47.0 Å². The van der Waals surface area contributed by atoms with E-state index < -0.39 is 18.1 Å². The Morgan fingerprint density at radius 3 is 0.989 bits per heavy atom. The molecule has 92 heavy (non-hydrogen) atoms. The van der Waals surface area contributed by atoms with Crippen molar-refractivity contribution in [3.05, 3.63) is 93.0 Å². The second-order valence-electron chi connectivity index (χ2n) is 33.9. The van der Waals surface area contributed by atoms with Gasteiger partial charge in [-0.05, 0) is 146 Å². The van der Waals surface area contributed by atoms with Gasteiger partial charge < -0.3 is 39.6 Å². The lowest BCUT2D eigenvalue weighted by atomic mass is 9.79. The van der Waals surface area contributed by atoms with E-state index in [1.807, 2.05) is 23.5 Å². The number of carbonyl (C=O) groups excluding carboxylic acids is 2. The zero-order valence-corrected chi connectivity index (χ0v) is 66.3. The molecule has 0 radical (unpaired) electrons. The maximum Gasteiger partial charge on any atom is 0.323 e. The van der Waals surface area contributed by atoms with Crippen molar-refractivity contribution in [2.75, 3.05) is 33.0 Å². The molecule has 0 bridgehead atoms. The average Bonchev–Trinajstić information content (AvgIpc) is 0.804. The van der Waals surface area contributed by atoms with Crippen LogP contribution in [0.3, 0.4) is 0 Å². The summed E-state index contributed by atoms with van der Waals surface area (Å²) >= 11 is 7.39. The van der Waals surface area contributed by atoms with Crippen LogP contribution in [0.5, 0.6) is 23.0 Å². The Morgan fingerprint density at radius 2 is 0.717 bits per heavy atom. The number of phenolic OH excluding ortho intramolecular Hbond substituents is 2. The van der Waals surface area contributed by atoms with E-state index in [1.165, 1.54) is 20.9 Å². The van der Waals surface area contributed by atoms with Gasteiger partial charge in [0, 0.05) is 77.1 Å². The lowest BCUT2D eigenvalue weighted by Crippen LogP contribution is -2.43. The number of benzene rings is 4. The molecule has 10 nitrogen and oxygen atoms in total. The van der Waals surface area contributed by atoms with Crippen molar-refractivity contribution in [1.82, 2.24) is 5.32 Å². The number of aromatic hydroxyl groups is 2. The first-order chi connectivity index (χ1) is 41.6. The quantitative estimate of drug-likeness (QED) is 0.0229. The number of esters is 2. The predicted molar refractivity (Wildman–Crippen MR) is 396 cm³/mol. The number of rotatable bonds is 24. The summed E-state index contributed by atoms with van der Waals surface area (Å²) in [4.78, 5) is 29.3. The van der Waals surface area contributed by atoms with Gasteiger partial charge in [0.1, 0.15) is 41.8 Å². The van der Waals surface area contributed by atoms with Gasteiger partial charge in [-0.3, -0.25) is 9.59 Å². The molecule has 4 N–H and O–H groups in total. The Hall–Kier alpha value is -3.66. The molecular formula is C78H125NO9S4. The van der Waals surface area contributed by atoms with Gasteiger partial charge in [0.15, 0.2) is 0 Å². The average molecular weight is 1350 g/mol. The van der Waals surface area contributed by atoms with E-state index in [-0.39, 0.29) is 96.7 Å². The minimum absolute atomic E-state index is 0.00743. The van der Waals surface area contributed by atoms with E-state index in [2.05, 4.69) is 255 Å². The maximum atomic E-state index is 12.6. The highest BCUT2D eigenvalue weighted by Gasteiger charge is 2.36. The fourth-order valence-corrected chi connectivity index (χ4v) is 15.7. The Labute approximate surface area is 577 Å². The molecule has 4 rings (SSSR count). The number of phenols is 2. The summed E-state index contributed by atoms with van der Waals surface area (Å²) in [6, 6.07) is 17.1. The van der Waals surface area contributed by atoms with Gasteiger partial charge in [-0.1, -0.05) is 180 Å². The molecule has 520 valence electrons. The third-order valence-corrected chi connectivity index (χ3v) is 20.3. The first-order valence-electron chi connectivity index (χ1n) is 33.5. The van der Waals surface area contributed by atoms with Crippen LogP contribution in [0.1, 0.15) is 285 Å². The molecule has 0 aromatic heterocycles. The van der Waals surface area contributed by atoms with Crippen molar-refractivity contribution < 1.29 is 43.9 Å². The highest BCUT2D eigenvalue weighted by molar-refractivity contribution is 8.18. The lowest BCUT2D eigenvalue weighted by molar-refractivity contribution is -0.147. The molecule has 2 atom stereocenters. The number of aliphatic hydroxyl groups excluding tert-OH is 1. The Kier molecular flexibility index (Phi) is 28.8. The van der Waals surface area contributed by atoms with Crippen molar-refractivity contribution >= 4 is 59.0 Å². The van der Waals surface area contributed by atoms with E-state index in [0.717, 1.165) is 74.1 Å². The molecule has 0 saturated heterocycles. The Balaban J connectivity index is 0.000000503. The molecule has 0 saturated carbocycles. The lowest BCUT2D eigenvalue weighted by Gasteiger charge is -2.33. The van der Waals surface area contributed by atoms with Crippen molar-refractivity contribution in [1.29, 1.82) is 0 Å². The van der Waals surface area contributed by atoms with Crippen LogP contribution in [-0.4, -0.2) is 80.5 Å². The highest BCUT2D eigenvalue weighted by atomic mass is 32.2.